The molecule has 0 saturated heterocycles. The van der Waals surface area contributed by atoms with Gasteiger partial charge in [-0.25, -0.2) is 0 Å². The molecule has 0 aliphatic rings. The van der Waals surface area contributed by atoms with Gasteiger partial charge in [0.15, 0.2) is 11.5 Å². The van der Waals surface area contributed by atoms with Gasteiger partial charge in [0.05, 0.1) is 13.2 Å². The van der Waals surface area contributed by atoms with E-state index in [1.54, 1.807) is 19.2 Å². The van der Waals surface area contributed by atoms with Crippen LogP contribution in [0.4, 0.5) is 0 Å². The van der Waals surface area contributed by atoms with Gasteiger partial charge in [-0.1, -0.05) is 80.3 Å². The molecule has 0 aliphatic heterocycles. The Morgan fingerprint density at radius 3 is 2.29 bits per heavy atom. The Bertz CT molecular complexity index is 1380. The van der Waals surface area contributed by atoms with Crippen LogP contribution in [0.2, 0.25) is 0 Å². The van der Waals surface area contributed by atoms with Crippen LogP contribution in [0, 0.1) is 0 Å². The highest BCUT2D eigenvalue weighted by atomic mass is 16.5. The van der Waals surface area contributed by atoms with E-state index in [1.165, 1.54) is 24.8 Å². The smallest absolute Gasteiger partial charge is 0.161 e. The standard InChI is InChI=1S/C36H42O5/c1-40-35-21-16-28(23-36(35)41-26-29-14-17-31-24-33(38)20-18-30(31)22-29)15-19-34(39)25-32(37)13-9-4-2-3-6-10-27-11-7-5-8-12-27/h5,7-8,11-12,14,16-18,20-24,32,37-38H,2-4,6,9-10,13,15,19,25-26H2,1H3/t32-/m0/s1. The second kappa shape index (κ2) is 15.8. The first-order valence-corrected chi connectivity index (χ1v) is 14.8. The van der Waals surface area contributed by atoms with E-state index in [4.69, 9.17) is 9.47 Å². The topological polar surface area (TPSA) is 76.0 Å². The number of ketones is 1. The van der Waals surface area contributed by atoms with Crippen molar-refractivity contribution in [2.75, 3.05) is 7.11 Å². The summed E-state index contributed by atoms with van der Waals surface area (Å²) in [7, 11) is 1.61. The summed E-state index contributed by atoms with van der Waals surface area (Å²) >= 11 is 0. The molecule has 4 rings (SSSR count). The number of hydrogen-bond donors (Lipinski definition) is 2. The molecule has 4 aromatic rings. The summed E-state index contributed by atoms with van der Waals surface area (Å²) in [6.45, 7) is 0.370. The molecule has 0 aliphatic carbocycles. The number of aromatic hydroxyl groups is 1. The molecule has 4 aromatic carbocycles. The van der Waals surface area contributed by atoms with Crippen LogP contribution in [-0.4, -0.2) is 29.2 Å². The average molecular weight is 555 g/mol. The third kappa shape index (κ3) is 9.94. The zero-order valence-corrected chi connectivity index (χ0v) is 24.1. The number of carbonyl (C=O) groups is 1. The van der Waals surface area contributed by atoms with E-state index in [0.717, 1.165) is 41.2 Å². The molecule has 0 fully saturated rings. The number of aliphatic hydroxyl groups is 1. The maximum Gasteiger partial charge on any atom is 0.161 e. The van der Waals surface area contributed by atoms with E-state index in [0.29, 0.717) is 37.4 Å². The van der Waals surface area contributed by atoms with Gasteiger partial charge in [-0.3, -0.25) is 4.79 Å². The lowest BCUT2D eigenvalue weighted by Gasteiger charge is -2.13. The molecule has 216 valence electrons. The molecule has 5 heteroatoms. The molecular weight excluding hydrogens is 512 g/mol. The molecule has 0 amide bonds. The van der Waals surface area contributed by atoms with Crippen molar-refractivity contribution in [2.24, 2.45) is 0 Å². The number of fused-ring (bicyclic) bond motifs is 1. The number of unbranched alkanes of at least 4 members (excludes halogenated alkanes) is 4. The second-order valence-corrected chi connectivity index (χ2v) is 10.8. The van der Waals surface area contributed by atoms with Crippen LogP contribution in [0.25, 0.3) is 10.8 Å². The minimum absolute atomic E-state index is 0.0841. The van der Waals surface area contributed by atoms with Crippen LogP contribution in [-0.2, 0) is 24.2 Å². The molecule has 0 spiro atoms. The number of phenols is 1. The van der Waals surface area contributed by atoms with Crippen molar-refractivity contribution >= 4 is 16.6 Å². The number of carbonyl (C=O) groups excluding carboxylic acids is 1. The minimum atomic E-state index is -0.562. The van der Waals surface area contributed by atoms with Crippen molar-refractivity contribution in [1.29, 1.82) is 0 Å². The highest BCUT2D eigenvalue weighted by Gasteiger charge is 2.13. The molecule has 0 heterocycles. The number of rotatable bonds is 17. The van der Waals surface area contributed by atoms with Crippen molar-refractivity contribution in [3.8, 4) is 17.2 Å². The van der Waals surface area contributed by atoms with Gasteiger partial charge in [0.25, 0.3) is 0 Å². The molecule has 2 N–H and O–H groups in total. The lowest BCUT2D eigenvalue weighted by molar-refractivity contribution is -0.121. The number of aryl methyl sites for hydroxylation is 2. The Balaban J connectivity index is 1.16. The number of phenolic OH excluding ortho intramolecular Hbond substituents is 1. The first-order chi connectivity index (χ1) is 20.0. The normalized spacial score (nSPS) is 11.9. The SMILES string of the molecule is COc1ccc(CCC(=O)C[C@@H](O)CCCCCCCc2ccccc2)cc1OCc1ccc2cc(O)ccc2c1. The summed E-state index contributed by atoms with van der Waals surface area (Å²) in [5.74, 6) is 1.60. The highest BCUT2D eigenvalue weighted by Crippen LogP contribution is 2.30. The number of benzene rings is 4. The zero-order valence-electron chi connectivity index (χ0n) is 24.1. The van der Waals surface area contributed by atoms with E-state index in [9.17, 15) is 15.0 Å². The number of ether oxygens (including phenoxy) is 2. The lowest BCUT2D eigenvalue weighted by Crippen LogP contribution is -2.14. The zero-order chi connectivity index (χ0) is 28.9. The van der Waals surface area contributed by atoms with Crippen LogP contribution in [0.5, 0.6) is 17.2 Å². The van der Waals surface area contributed by atoms with E-state index >= 15 is 0 Å². The van der Waals surface area contributed by atoms with Gasteiger partial charge in [-0.15, -0.1) is 0 Å². The molecule has 0 radical (unpaired) electrons. The fraction of sp³-hybridized carbons (Fsp3) is 0.361. The summed E-state index contributed by atoms with van der Waals surface area (Å²) in [5.41, 5.74) is 3.39. The van der Waals surface area contributed by atoms with Crippen molar-refractivity contribution in [3.63, 3.8) is 0 Å². The van der Waals surface area contributed by atoms with E-state index in [1.807, 2.05) is 48.5 Å². The maximum atomic E-state index is 12.6. The summed E-state index contributed by atoms with van der Waals surface area (Å²) in [5, 5.41) is 22.1. The Hall–Kier alpha value is -3.83. The largest absolute Gasteiger partial charge is 0.508 e. The Kier molecular flexibility index (Phi) is 11.6. The molecule has 1 atom stereocenters. The Morgan fingerprint density at radius 1 is 0.732 bits per heavy atom. The number of hydrogen-bond acceptors (Lipinski definition) is 5. The lowest BCUT2D eigenvalue weighted by atomic mass is 10.00. The number of Topliss-reactive ketones (excluding diaryl/α,β-unsaturated/α-hetero) is 1. The van der Waals surface area contributed by atoms with Crippen LogP contribution in [0.1, 0.15) is 68.1 Å². The highest BCUT2D eigenvalue weighted by molar-refractivity contribution is 5.84. The molecule has 41 heavy (non-hydrogen) atoms. The van der Waals surface area contributed by atoms with Crippen LogP contribution >= 0.6 is 0 Å². The monoisotopic (exact) mass is 554 g/mol. The summed E-state index contributed by atoms with van der Waals surface area (Å²) in [6, 6.07) is 27.6. The van der Waals surface area contributed by atoms with Crippen LogP contribution in [0.3, 0.4) is 0 Å². The van der Waals surface area contributed by atoms with Gasteiger partial charge < -0.3 is 19.7 Å². The summed E-state index contributed by atoms with van der Waals surface area (Å²) in [4.78, 5) is 12.6. The van der Waals surface area contributed by atoms with E-state index in [-0.39, 0.29) is 18.0 Å². The maximum absolute atomic E-state index is 12.6. The summed E-state index contributed by atoms with van der Waals surface area (Å²) < 4.78 is 11.6. The predicted octanol–water partition coefficient (Wildman–Crippen LogP) is 7.97. The third-order valence-electron chi connectivity index (χ3n) is 7.51. The van der Waals surface area contributed by atoms with Crippen molar-refractivity contribution in [3.05, 3.63) is 102 Å². The Labute approximate surface area is 243 Å². The first-order valence-electron chi connectivity index (χ1n) is 14.8. The van der Waals surface area contributed by atoms with Gasteiger partial charge in [-0.05, 0) is 83.5 Å². The second-order valence-electron chi connectivity index (χ2n) is 10.8. The molecule has 0 saturated carbocycles. The van der Waals surface area contributed by atoms with E-state index in [2.05, 4.69) is 24.3 Å². The fourth-order valence-electron chi connectivity index (χ4n) is 5.16. The Morgan fingerprint density at radius 2 is 1.46 bits per heavy atom. The summed E-state index contributed by atoms with van der Waals surface area (Å²) in [6.07, 6.45) is 8.05. The van der Waals surface area contributed by atoms with Gasteiger partial charge >= 0.3 is 0 Å². The number of aliphatic hydroxyl groups excluding tert-OH is 1. The third-order valence-corrected chi connectivity index (χ3v) is 7.51. The predicted molar refractivity (Wildman–Crippen MR) is 165 cm³/mol. The minimum Gasteiger partial charge on any atom is -0.508 e. The molecular formula is C36H42O5. The molecule has 0 unspecified atom stereocenters. The van der Waals surface area contributed by atoms with Gasteiger partial charge in [0, 0.05) is 12.8 Å². The number of methoxy groups -OCH3 is 1. The van der Waals surface area contributed by atoms with Gasteiger partial charge in [-0.2, -0.15) is 0 Å². The molecule has 0 bridgehead atoms. The van der Waals surface area contributed by atoms with Gasteiger partial charge in [0.2, 0.25) is 0 Å². The van der Waals surface area contributed by atoms with Crippen molar-refractivity contribution in [2.45, 2.75) is 76.9 Å². The van der Waals surface area contributed by atoms with Crippen molar-refractivity contribution < 1.29 is 24.5 Å². The molecule has 0 aromatic heterocycles. The average Bonchev–Trinajstić information content (AvgIpc) is 2.99. The van der Waals surface area contributed by atoms with E-state index < -0.39 is 6.10 Å². The van der Waals surface area contributed by atoms with Gasteiger partial charge in [0.1, 0.15) is 18.1 Å². The first kappa shape index (κ1) is 30.1. The molecule has 5 nitrogen and oxygen atoms in total. The fourth-order valence-corrected chi connectivity index (χ4v) is 5.16. The quantitative estimate of drug-likeness (QED) is 0.129. The van der Waals surface area contributed by atoms with Crippen LogP contribution < -0.4 is 9.47 Å². The van der Waals surface area contributed by atoms with Crippen molar-refractivity contribution in [1.82, 2.24) is 0 Å². The van der Waals surface area contributed by atoms with Crippen LogP contribution in [0.15, 0.2) is 84.9 Å².